The van der Waals surface area contributed by atoms with Crippen molar-refractivity contribution in [3.05, 3.63) is 16.0 Å². The average Bonchev–Trinajstić information content (AvgIpc) is 2.90. The van der Waals surface area contributed by atoms with Crippen molar-refractivity contribution in [3.63, 3.8) is 0 Å². The molecule has 0 radical (unpaired) electrons. The maximum atomic E-state index is 9.49. The number of hydrogen-bond donors (Lipinski definition) is 2. The van der Waals surface area contributed by atoms with E-state index in [1.807, 2.05) is 6.92 Å². The van der Waals surface area contributed by atoms with Gasteiger partial charge in [0.05, 0.1) is 25.4 Å². The average molecular weight is 290 g/mol. The summed E-state index contributed by atoms with van der Waals surface area (Å²) < 4.78 is 5.57. The predicted octanol–water partition coefficient (Wildman–Crippen LogP) is 1.65. The van der Waals surface area contributed by atoms with Crippen molar-refractivity contribution < 1.29 is 9.84 Å². The van der Waals surface area contributed by atoms with E-state index in [-0.39, 0.29) is 29.5 Å². The summed E-state index contributed by atoms with van der Waals surface area (Å²) in [5.74, 6) is 0.609. The Morgan fingerprint density at radius 2 is 2.28 bits per heavy atom. The molecule has 2 aliphatic heterocycles. The molecule has 4 rings (SSSR count). The van der Waals surface area contributed by atoms with E-state index in [4.69, 9.17) is 27.9 Å². The molecular weight excluding hydrogens is 277 g/mol. The molecule has 3 aliphatic rings. The maximum absolute atomic E-state index is 9.49. The lowest BCUT2D eigenvalue weighted by Crippen LogP contribution is -2.56. The van der Waals surface area contributed by atoms with Gasteiger partial charge in [-0.05, 0) is 24.9 Å². The number of nitrogens with one attached hydrogen (secondary N) is 1. The molecule has 1 aliphatic carbocycles. The minimum Gasteiger partial charge on any atom is -0.396 e. The first-order chi connectivity index (χ1) is 8.55. The van der Waals surface area contributed by atoms with Crippen LogP contribution in [-0.2, 0) is 4.74 Å². The molecule has 18 heavy (non-hydrogen) atoms. The number of hydrogen-bond acceptors (Lipinski definition) is 5. The lowest BCUT2D eigenvalue weighted by molar-refractivity contribution is 0.0540. The molecule has 0 amide bonds. The zero-order valence-corrected chi connectivity index (χ0v) is 11.3. The molecule has 1 aromatic rings. The van der Waals surface area contributed by atoms with Crippen LogP contribution in [-0.4, -0.2) is 40.4 Å². The number of aliphatic hydroxyl groups is 1. The number of fused-ring (bicyclic) bond motifs is 1. The highest BCUT2D eigenvalue weighted by Gasteiger charge is 2.60. The van der Waals surface area contributed by atoms with E-state index in [0.29, 0.717) is 17.6 Å². The van der Waals surface area contributed by atoms with Crippen molar-refractivity contribution >= 4 is 29.0 Å². The fourth-order valence-electron chi connectivity index (χ4n) is 2.66. The van der Waals surface area contributed by atoms with Gasteiger partial charge in [-0.3, -0.25) is 0 Å². The van der Waals surface area contributed by atoms with Gasteiger partial charge in [0.15, 0.2) is 0 Å². The number of nitrogens with zero attached hydrogens (tertiary/aromatic N) is 2. The quantitative estimate of drug-likeness (QED) is 0.654. The molecule has 3 atom stereocenters. The molecule has 7 heteroatoms. The lowest BCUT2D eigenvalue weighted by atomic mass is 9.66. The Morgan fingerprint density at radius 3 is 2.94 bits per heavy atom. The van der Waals surface area contributed by atoms with Crippen LogP contribution >= 0.6 is 23.2 Å². The molecule has 3 fully saturated rings. The normalized spacial score (nSPS) is 33.3. The van der Waals surface area contributed by atoms with Gasteiger partial charge in [-0.25, -0.2) is 9.97 Å². The van der Waals surface area contributed by atoms with Crippen LogP contribution in [0.2, 0.25) is 10.4 Å². The molecule has 3 heterocycles. The second-order valence-corrected chi connectivity index (χ2v) is 5.65. The fraction of sp³-hybridized carbons (Fsp3) is 0.636. The molecule has 2 bridgehead atoms. The molecule has 1 aromatic heterocycles. The van der Waals surface area contributed by atoms with Gasteiger partial charge in [0.2, 0.25) is 5.28 Å². The Labute approximate surface area is 114 Å². The van der Waals surface area contributed by atoms with Crippen LogP contribution in [0.1, 0.15) is 12.0 Å². The van der Waals surface area contributed by atoms with Crippen molar-refractivity contribution in [2.24, 2.45) is 5.41 Å². The van der Waals surface area contributed by atoms with Crippen LogP contribution in [0.25, 0.3) is 0 Å². The van der Waals surface area contributed by atoms with Gasteiger partial charge in [0.1, 0.15) is 11.0 Å². The Hall–Kier alpha value is -0.620. The monoisotopic (exact) mass is 289 g/mol. The Morgan fingerprint density at radius 1 is 1.50 bits per heavy atom. The molecule has 5 nitrogen and oxygen atoms in total. The third-order valence-corrected chi connectivity index (χ3v) is 4.43. The number of halogens is 2. The Kier molecular flexibility index (Phi) is 2.90. The zero-order valence-electron chi connectivity index (χ0n) is 9.78. The first kappa shape index (κ1) is 12.4. The van der Waals surface area contributed by atoms with Gasteiger partial charge in [-0.15, -0.1) is 0 Å². The lowest BCUT2D eigenvalue weighted by Gasteiger charge is -2.44. The van der Waals surface area contributed by atoms with Crippen molar-refractivity contribution in [2.45, 2.75) is 25.5 Å². The second-order valence-electron chi connectivity index (χ2n) is 4.95. The van der Waals surface area contributed by atoms with E-state index in [0.717, 1.165) is 12.0 Å². The summed E-state index contributed by atoms with van der Waals surface area (Å²) in [4.78, 5) is 8.01. The van der Waals surface area contributed by atoms with Crippen molar-refractivity contribution in [3.8, 4) is 0 Å². The number of anilines is 1. The molecule has 0 spiro atoms. The minimum absolute atomic E-state index is 0.0585. The highest BCUT2D eigenvalue weighted by atomic mass is 35.5. The predicted molar refractivity (Wildman–Crippen MR) is 68.1 cm³/mol. The van der Waals surface area contributed by atoms with E-state index in [1.54, 1.807) is 0 Å². The fourth-order valence-corrected chi connectivity index (χ4v) is 3.04. The van der Waals surface area contributed by atoms with E-state index in [2.05, 4.69) is 15.3 Å². The van der Waals surface area contributed by atoms with Crippen LogP contribution in [0, 0.1) is 12.3 Å². The van der Waals surface area contributed by atoms with E-state index < -0.39 is 0 Å². The maximum Gasteiger partial charge on any atom is 0.225 e. The summed E-state index contributed by atoms with van der Waals surface area (Å²) in [6.07, 6.45) is 1.01. The molecule has 1 saturated carbocycles. The third-order valence-electron chi connectivity index (χ3n) is 3.89. The summed E-state index contributed by atoms with van der Waals surface area (Å²) >= 11 is 11.8. The zero-order chi connectivity index (χ0) is 12.9. The van der Waals surface area contributed by atoms with Crippen LogP contribution < -0.4 is 5.32 Å². The molecule has 2 saturated heterocycles. The SMILES string of the molecule is Cc1c(Cl)nc(Cl)nc1NC1[C@@H]2C[C@]1(CO)CO2. The highest BCUT2D eigenvalue weighted by molar-refractivity contribution is 6.32. The summed E-state index contributed by atoms with van der Waals surface area (Å²) in [5.41, 5.74) is 0.557. The highest BCUT2D eigenvalue weighted by Crippen LogP contribution is 2.51. The Bertz CT molecular complexity index is 495. The van der Waals surface area contributed by atoms with Crippen LogP contribution in [0.4, 0.5) is 5.82 Å². The van der Waals surface area contributed by atoms with Crippen molar-refractivity contribution in [1.29, 1.82) is 0 Å². The van der Waals surface area contributed by atoms with Crippen LogP contribution in [0.3, 0.4) is 0 Å². The number of rotatable bonds is 3. The van der Waals surface area contributed by atoms with Gasteiger partial charge in [0.25, 0.3) is 0 Å². The van der Waals surface area contributed by atoms with Crippen molar-refractivity contribution in [2.75, 3.05) is 18.5 Å². The van der Waals surface area contributed by atoms with E-state index >= 15 is 0 Å². The van der Waals surface area contributed by atoms with Gasteiger partial charge in [-0.2, -0.15) is 0 Å². The van der Waals surface area contributed by atoms with Gasteiger partial charge in [-0.1, -0.05) is 11.6 Å². The largest absolute Gasteiger partial charge is 0.396 e. The Balaban J connectivity index is 1.86. The van der Waals surface area contributed by atoms with Gasteiger partial charge >= 0.3 is 0 Å². The molecular formula is C11H13Cl2N3O2. The van der Waals surface area contributed by atoms with Crippen molar-refractivity contribution in [1.82, 2.24) is 9.97 Å². The summed E-state index contributed by atoms with van der Waals surface area (Å²) in [5, 5.41) is 13.2. The topological polar surface area (TPSA) is 67.3 Å². The number of aliphatic hydroxyl groups excluding tert-OH is 1. The minimum atomic E-state index is -0.193. The smallest absolute Gasteiger partial charge is 0.225 e. The van der Waals surface area contributed by atoms with Crippen LogP contribution in [0.15, 0.2) is 0 Å². The molecule has 1 unspecified atom stereocenters. The van der Waals surface area contributed by atoms with Crippen LogP contribution in [0.5, 0.6) is 0 Å². The van der Waals surface area contributed by atoms with Gasteiger partial charge in [0, 0.05) is 11.0 Å². The number of aromatic nitrogens is 2. The summed E-state index contributed by atoms with van der Waals surface area (Å²) in [6.45, 7) is 2.51. The van der Waals surface area contributed by atoms with E-state index in [9.17, 15) is 5.11 Å². The second kappa shape index (κ2) is 4.20. The molecule has 98 valence electrons. The summed E-state index contributed by atoms with van der Waals surface area (Å²) in [6, 6.07) is 0.0585. The standard InChI is InChI=1S/C11H13Cl2N3O2/c1-5-8(12)15-10(13)16-9(5)14-7-6-2-11(7,3-17)4-18-6/h6-7,17H,2-4H2,1H3,(H,14,15,16)/t6-,7?,11-/m0/s1. The first-order valence-electron chi connectivity index (χ1n) is 5.74. The molecule has 0 aromatic carbocycles. The van der Waals surface area contributed by atoms with E-state index in [1.165, 1.54) is 0 Å². The first-order valence-corrected chi connectivity index (χ1v) is 6.50. The summed E-state index contributed by atoms with van der Waals surface area (Å²) in [7, 11) is 0. The third kappa shape index (κ3) is 1.69. The number of ether oxygens (including phenoxy) is 1. The van der Waals surface area contributed by atoms with Gasteiger partial charge < -0.3 is 15.2 Å². The molecule has 2 N–H and O–H groups in total.